The summed E-state index contributed by atoms with van der Waals surface area (Å²) >= 11 is 0. The summed E-state index contributed by atoms with van der Waals surface area (Å²) in [6, 6.07) is 0. The highest BCUT2D eigenvalue weighted by molar-refractivity contribution is 5.96. The zero-order valence-electron chi connectivity index (χ0n) is 14.6. The third-order valence-electron chi connectivity index (χ3n) is 3.27. The van der Waals surface area contributed by atoms with Crippen LogP contribution in [0.3, 0.4) is 0 Å². The Morgan fingerprint density at radius 2 is 1.62 bits per heavy atom. The number of ether oxygens (including phenoxy) is 1. The van der Waals surface area contributed by atoms with E-state index in [1.807, 2.05) is 6.08 Å². The molecule has 0 aromatic rings. The van der Waals surface area contributed by atoms with Gasteiger partial charge < -0.3 is 10.5 Å². The molecule has 0 atom stereocenters. The number of nitrogens with two attached hydrogens (primary N) is 1. The van der Waals surface area contributed by atoms with E-state index in [2.05, 4.69) is 23.5 Å². The summed E-state index contributed by atoms with van der Waals surface area (Å²) < 4.78 is 4.95. The van der Waals surface area contributed by atoms with Crippen LogP contribution in [0, 0.1) is 0 Å². The fraction of sp³-hybridized carbons (Fsp3) is 0.611. The summed E-state index contributed by atoms with van der Waals surface area (Å²) in [7, 11) is 0. The number of hydrogen-bond acceptors (Lipinski definition) is 4. The molecule has 0 aliphatic heterocycles. The quantitative estimate of drug-likeness (QED) is 0.167. The number of amides is 1. The number of esters is 1. The largest absolute Gasteiger partial charge is 0.464 e. The van der Waals surface area contributed by atoms with Gasteiger partial charge in [0, 0.05) is 6.42 Å². The molecule has 0 saturated carbocycles. The molecule has 0 aromatic heterocycles. The summed E-state index contributed by atoms with van der Waals surface area (Å²) in [4.78, 5) is 26.9. The number of carbonyl (C=O) groups is 2. The highest BCUT2D eigenvalue weighted by Gasteiger charge is 2.05. The Hall–Kier alpha value is -2.11. The van der Waals surface area contributed by atoms with Crippen molar-refractivity contribution in [3.63, 3.8) is 0 Å². The number of rotatable bonds is 14. The van der Waals surface area contributed by atoms with Crippen molar-refractivity contribution in [2.45, 2.75) is 57.8 Å². The fourth-order valence-corrected chi connectivity index (χ4v) is 1.96. The van der Waals surface area contributed by atoms with Crippen LogP contribution in [0.4, 0.5) is 0 Å². The van der Waals surface area contributed by atoms with E-state index in [4.69, 9.17) is 10.5 Å². The summed E-state index contributed by atoms with van der Waals surface area (Å²) in [5.74, 6) is -0.688. The molecule has 0 aromatic carbocycles. The minimum Gasteiger partial charge on any atom is -0.464 e. The van der Waals surface area contributed by atoms with Gasteiger partial charge in [-0.1, -0.05) is 31.4 Å². The van der Waals surface area contributed by atoms with E-state index < -0.39 is 5.97 Å². The molecule has 24 heavy (non-hydrogen) atoms. The number of nitrogens with one attached hydrogen (secondary N) is 1. The van der Waals surface area contributed by atoms with E-state index in [1.54, 1.807) is 6.08 Å². The zero-order valence-corrected chi connectivity index (χ0v) is 14.6. The van der Waals surface area contributed by atoms with E-state index in [9.17, 15) is 9.59 Å². The topological polar surface area (TPSA) is 93.8 Å². The van der Waals surface area contributed by atoms with Crippen LogP contribution in [-0.2, 0) is 14.3 Å². The van der Waals surface area contributed by atoms with Crippen molar-refractivity contribution >= 4 is 17.8 Å². The molecule has 0 bridgehead atoms. The molecule has 6 heteroatoms. The molecule has 3 N–H and O–H groups in total. The SMILES string of the molecule is C=CCCCCCCCC(=O)NC(N)=NCC(=O)OCCCC=C. The average Bonchev–Trinajstić information content (AvgIpc) is 2.56. The van der Waals surface area contributed by atoms with E-state index in [1.165, 1.54) is 0 Å². The van der Waals surface area contributed by atoms with Crippen molar-refractivity contribution in [3.05, 3.63) is 25.3 Å². The second-order valence-corrected chi connectivity index (χ2v) is 5.50. The maximum absolute atomic E-state index is 11.7. The minimum atomic E-state index is -0.462. The van der Waals surface area contributed by atoms with E-state index in [0.29, 0.717) is 13.0 Å². The van der Waals surface area contributed by atoms with E-state index in [-0.39, 0.29) is 18.4 Å². The molecule has 136 valence electrons. The van der Waals surface area contributed by atoms with E-state index >= 15 is 0 Å². The van der Waals surface area contributed by atoms with Crippen molar-refractivity contribution < 1.29 is 14.3 Å². The first-order valence-corrected chi connectivity index (χ1v) is 8.57. The second-order valence-electron chi connectivity index (χ2n) is 5.50. The standard InChI is InChI=1S/C18H31N3O3/c1-3-5-7-8-9-10-11-13-16(22)21-18(19)20-15-17(23)24-14-12-6-4-2/h3-4H,1-2,5-15H2,(H3,19,20,21,22). The van der Waals surface area contributed by atoms with Crippen molar-refractivity contribution in [1.82, 2.24) is 5.32 Å². The van der Waals surface area contributed by atoms with Gasteiger partial charge in [-0.2, -0.15) is 0 Å². The number of nitrogens with zero attached hydrogens (tertiary/aromatic N) is 1. The Morgan fingerprint density at radius 3 is 2.33 bits per heavy atom. The summed E-state index contributed by atoms with van der Waals surface area (Å²) in [6.07, 6.45) is 11.9. The Balaban J connectivity index is 3.70. The van der Waals surface area contributed by atoms with Crippen molar-refractivity contribution in [2.24, 2.45) is 10.7 Å². The van der Waals surface area contributed by atoms with Gasteiger partial charge >= 0.3 is 5.97 Å². The van der Waals surface area contributed by atoms with Gasteiger partial charge in [0.05, 0.1) is 6.61 Å². The van der Waals surface area contributed by atoms with Gasteiger partial charge in [0.15, 0.2) is 5.96 Å². The monoisotopic (exact) mass is 337 g/mol. The first kappa shape index (κ1) is 21.9. The Morgan fingerprint density at radius 1 is 1.00 bits per heavy atom. The Bertz CT molecular complexity index is 420. The zero-order chi connectivity index (χ0) is 18.0. The molecule has 0 heterocycles. The highest BCUT2D eigenvalue weighted by atomic mass is 16.5. The number of carbonyl (C=O) groups excluding carboxylic acids is 2. The third-order valence-corrected chi connectivity index (χ3v) is 3.27. The summed E-state index contributed by atoms with van der Waals surface area (Å²) in [5.41, 5.74) is 5.57. The Labute approximate surface area is 145 Å². The molecule has 0 saturated heterocycles. The van der Waals surface area contributed by atoms with Gasteiger partial charge in [-0.3, -0.25) is 14.9 Å². The fourth-order valence-electron chi connectivity index (χ4n) is 1.96. The Kier molecular flexibility index (Phi) is 14.4. The van der Waals surface area contributed by atoms with Gasteiger partial charge in [-0.15, -0.1) is 13.2 Å². The summed E-state index contributed by atoms with van der Waals surface area (Å²) in [5, 5.41) is 2.48. The number of hydrogen-bond donors (Lipinski definition) is 2. The molecule has 0 fully saturated rings. The maximum atomic E-state index is 11.7. The van der Waals surface area contributed by atoms with Crippen LogP contribution in [-0.4, -0.2) is 31.0 Å². The smallest absolute Gasteiger partial charge is 0.327 e. The molecule has 0 radical (unpaired) electrons. The summed E-state index contributed by atoms with van der Waals surface area (Å²) in [6.45, 7) is 7.41. The van der Waals surface area contributed by atoms with Crippen LogP contribution in [0.15, 0.2) is 30.3 Å². The lowest BCUT2D eigenvalue weighted by Crippen LogP contribution is -2.37. The molecule has 0 aliphatic rings. The minimum absolute atomic E-state index is 0.0472. The van der Waals surface area contributed by atoms with Crippen LogP contribution in [0.25, 0.3) is 0 Å². The predicted molar refractivity (Wildman–Crippen MR) is 97.5 cm³/mol. The number of guanidine groups is 1. The van der Waals surface area contributed by atoms with Crippen LogP contribution in [0.5, 0.6) is 0 Å². The second kappa shape index (κ2) is 15.8. The van der Waals surface area contributed by atoms with Crippen molar-refractivity contribution in [3.8, 4) is 0 Å². The van der Waals surface area contributed by atoms with Crippen LogP contribution in [0.1, 0.15) is 57.8 Å². The first-order valence-electron chi connectivity index (χ1n) is 8.57. The van der Waals surface area contributed by atoms with Gasteiger partial charge in [0.2, 0.25) is 5.91 Å². The third kappa shape index (κ3) is 14.8. The van der Waals surface area contributed by atoms with Crippen molar-refractivity contribution in [1.29, 1.82) is 0 Å². The van der Waals surface area contributed by atoms with E-state index in [0.717, 1.165) is 51.4 Å². The van der Waals surface area contributed by atoms with Crippen LogP contribution in [0.2, 0.25) is 0 Å². The normalized spacial score (nSPS) is 10.9. The number of allylic oxidation sites excluding steroid dienone is 2. The van der Waals surface area contributed by atoms with Gasteiger partial charge in [0.25, 0.3) is 0 Å². The molecule has 0 rings (SSSR count). The number of aliphatic imine (C=N–C) groups is 1. The molecule has 0 aliphatic carbocycles. The molecule has 6 nitrogen and oxygen atoms in total. The predicted octanol–water partition coefficient (Wildman–Crippen LogP) is 2.84. The molecular weight excluding hydrogens is 306 g/mol. The lowest BCUT2D eigenvalue weighted by molar-refractivity contribution is -0.141. The first-order chi connectivity index (χ1) is 11.6. The molecule has 0 spiro atoms. The molecule has 1 amide bonds. The lowest BCUT2D eigenvalue weighted by Gasteiger charge is -2.05. The van der Waals surface area contributed by atoms with Gasteiger partial charge in [-0.05, 0) is 32.1 Å². The van der Waals surface area contributed by atoms with Gasteiger partial charge in [0.1, 0.15) is 6.54 Å². The molecular formula is C18H31N3O3. The maximum Gasteiger partial charge on any atom is 0.327 e. The highest BCUT2D eigenvalue weighted by Crippen LogP contribution is 2.07. The van der Waals surface area contributed by atoms with Crippen molar-refractivity contribution in [2.75, 3.05) is 13.2 Å². The lowest BCUT2D eigenvalue weighted by atomic mass is 10.1. The van der Waals surface area contributed by atoms with Gasteiger partial charge in [-0.25, -0.2) is 4.99 Å². The average molecular weight is 337 g/mol. The molecule has 0 unspecified atom stereocenters. The number of unbranched alkanes of at least 4 members (excludes halogenated alkanes) is 6. The van der Waals surface area contributed by atoms with Crippen LogP contribution >= 0.6 is 0 Å². The van der Waals surface area contributed by atoms with Crippen LogP contribution < -0.4 is 11.1 Å².